The molecule has 3 rings (SSSR count). The maximum absolute atomic E-state index is 12.6. The van der Waals surface area contributed by atoms with Crippen molar-refractivity contribution in [2.24, 2.45) is 5.92 Å². The Hall–Kier alpha value is -1.67. The Morgan fingerprint density at radius 3 is 2.41 bits per heavy atom. The van der Waals surface area contributed by atoms with Crippen molar-refractivity contribution in [1.82, 2.24) is 9.29 Å². The molecule has 5 nitrogen and oxygen atoms in total. The lowest BCUT2D eigenvalue weighted by Crippen LogP contribution is -2.36. The lowest BCUT2D eigenvalue weighted by molar-refractivity contribution is 0.476. The highest BCUT2D eigenvalue weighted by Crippen LogP contribution is 2.23. The van der Waals surface area contributed by atoms with E-state index in [0.29, 0.717) is 16.3 Å². The molecule has 144 valence electrons. The molecule has 27 heavy (non-hydrogen) atoms. The summed E-state index contributed by atoms with van der Waals surface area (Å²) in [5.74, 6) is 0.181. The van der Waals surface area contributed by atoms with Crippen molar-refractivity contribution >= 4 is 43.2 Å². The van der Waals surface area contributed by atoms with Crippen molar-refractivity contribution in [2.45, 2.75) is 38.3 Å². The quantitative estimate of drug-likeness (QED) is 0.648. The van der Waals surface area contributed by atoms with Gasteiger partial charge in [-0.05, 0) is 48.7 Å². The molecule has 1 N–H and O–H groups in total. The Bertz CT molecular complexity index is 1120. The highest BCUT2D eigenvalue weighted by Gasteiger charge is 2.20. The summed E-state index contributed by atoms with van der Waals surface area (Å²) in [7, 11) is -3.63. The lowest BCUT2D eigenvalue weighted by atomic mass is 10.1. The average molecular weight is 425 g/mol. The van der Waals surface area contributed by atoms with Crippen molar-refractivity contribution in [3.63, 3.8) is 0 Å². The molecule has 0 aliphatic heterocycles. The molecule has 1 aromatic heterocycles. The van der Waals surface area contributed by atoms with E-state index < -0.39 is 10.0 Å². The normalized spacial score (nSPS) is 13.4. The number of hydrogen-bond donors (Lipinski definition) is 1. The first-order chi connectivity index (χ1) is 12.7. The van der Waals surface area contributed by atoms with Gasteiger partial charge in [-0.15, -0.1) is 0 Å². The molecule has 1 atom stereocenters. The molecular formula is C19H21ClN2O3S2. The molecule has 0 unspecified atom stereocenters. The number of thiazole rings is 1. The van der Waals surface area contributed by atoms with E-state index in [4.69, 9.17) is 11.6 Å². The third-order valence-corrected chi connectivity index (χ3v) is 7.30. The van der Waals surface area contributed by atoms with Crippen LogP contribution in [0.1, 0.15) is 26.3 Å². The second-order valence-electron chi connectivity index (χ2n) is 6.86. The largest absolute Gasteiger partial charge is 0.308 e. The molecule has 2 aromatic carbocycles. The number of sulfonamides is 1. The minimum Gasteiger partial charge on any atom is -0.294 e. The van der Waals surface area contributed by atoms with Crippen molar-refractivity contribution in [1.29, 1.82) is 0 Å². The minimum atomic E-state index is -3.63. The SMILES string of the molecule is CC(C)[C@@H](C)NS(=O)(=O)c1ccc2c(c1)sc(=O)n2Cc1ccc(Cl)cc1. The fraction of sp³-hybridized carbons (Fsp3) is 0.316. The number of nitrogens with one attached hydrogen (secondary N) is 1. The zero-order chi connectivity index (χ0) is 19.8. The summed E-state index contributed by atoms with van der Waals surface area (Å²) in [5, 5.41) is 0.638. The summed E-state index contributed by atoms with van der Waals surface area (Å²) in [6.45, 7) is 6.16. The van der Waals surface area contributed by atoms with Gasteiger partial charge in [-0.1, -0.05) is 48.9 Å². The van der Waals surface area contributed by atoms with E-state index in [2.05, 4.69) is 4.72 Å². The summed E-state index contributed by atoms with van der Waals surface area (Å²) >= 11 is 6.95. The molecule has 0 aliphatic carbocycles. The standard InChI is InChI=1S/C19H21ClN2O3S2/c1-12(2)13(3)21-27(24,25)16-8-9-17-18(10-16)26-19(23)22(17)11-14-4-6-15(20)7-5-14/h4-10,12-13,21H,11H2,1-3H3/t13-/m1/s1. The number of benzene rings is 2. The monoisotopic (exact) mass is 424 g/mol. The Labute approximate surface area is 167 Å². The van der Waals surface area contributed by atoms with Gasteiger partial charge in [-0.3, -0.25) is 9.36 Å². The van der Waals surface area contributed by atoms with Crippen LogP contribution < -0.4 is 9.60 Å². The minimum absolute atomic E-state index is 0.127. The molecule has 0 spiro atoms. The summed E-state index contributed by atoms with van der Waals surface area (Å²) in [5.41, 5.74) is 1.67. The molecule has 0 fully saturated rings. The van der Waals surface area contributed by atoms with Gasteiger partial charge in [0.15, 0.2) is 0 Å². The topological polar surface area (TPSA) is 68.2 Å². The molecule has 0 radical (unpaired) electrons. The average Bonchev–Trinajstić information content (AvgIpc) is 2.91. The summed E-state index contributed by atoms with van der Waals surface area (Å²) < 4.78 is 30.2. The fourth-order valence-electron chi connectivity index (χ4n) is 2.58. The second kappa shape index (κ2) is 7.75. The van der Waals surface area contributed by atoms with Gasteiger partial charge in [0.1, 0.15) is 0 Å². The number of hydrogen-bond acceptors (Lipinski definition) is 4. The highest BCUT2D eigenvalue weighted by molar-refractivity contribution is 7.89. The van der Waals surface area contributed by atoms with Gasteiger partial charge in [0.2, 0.25) is 10.0 Å². The number of rotatable bonds is 6. The number of nitrogens with zero attached hydrogens (tertiary/aromatic N) is 1. The fourth-order valence-corrected chi connectivity index (χ4v) is 5.13. The Morgan fingerprint density at radius 2 is 1.78 bits per heavy atom. The number of aromatic nitrogens is 1. The molecule has 0 aliphatic rings. The van der Waals surface area contributed by atoms with Crippen LogP contribution in [0.15, 0.2) is 52.2 Å². The molecular weight excluding hydrogens is 404 g/mol. The molecule has 0 amide bonds. The van der Waals surface area contributed by atoms with E-state index in [1.807, 2.05) is 32.9 Å². The van der Waals surface area contributed by atoms with Crippen molar-refractivity contribution in [2.75, 3.05) is 0 Å². The maximum Gasteiger partial charge on any atom is 0.308 e. The predicted molar refractivity (Wildman–Crippen MR) is 111 cm³/mol. The Kier molecular flexibility index (Phi) is 5.76. The van der Waals surface area contributed by atoms with Gasteiger partial charge in [-0.2, -0.15) is 0 Å². The van der Waals surface area contributed by atoms with E-state index in [0.717, 1.165) is 22.4 Å². The van der Waals surface area contributed by atoms with E-state index >= 15 is 0 Å². The Morgan fingerprint density at radius 1 is 1.11 bits per heavy atom. The van der Waals surface area contributed by atoms with Crippen LogP contribution in [0.5, 0.6) is 0 Å². The van der Waals surface area contributed by atoms with E-state index in [-0.39, 0.29) is 21.7 Å². The number of halogens is 1. The summed E-state index contributed by atoms with van der Waals surface area (Å²) in [6, 6.07) is 11.9. The van der Waals surface area contributed by atoms with Crippen LogP contribution in [0.25, 0.3) is 10.2 Å². The van der Waals surface area contributed by atoms with Crippen LogP contribution >= 0.6 is 22.9 Å². The van der Waals surface area contributed by atoms with Gasteiger partial charge < -0.3 is 0 Å². The van der Waals surface area contributed by atoms with Crippen molar-refractivity contribution in [3.8, 4) is 0 Å². The first-order valence-corrected chi connectivity index (χ1v) is 11.3. The van der Waals surface area contributed by atoms with Gasteiger partial charge in [0.25, 0.3) is 0 Å². The van der Waals surface area contributed by atoms with E-state index in [1.165, 1.54) is 0 Å². The van der Waals surface area contributed by atoms with E-state index in [9.17, 15) is 13.2 Å². The van der Waals surface area contributed by atoms with Crippen LogP contribution in [0, 0.1) is 5.92 Å². The van der Waals surface area contributed by atoms with Crippen molar-refractivity contribution in [3.05, 3.63) is 62.7 Å². The smallest absolute Gasteiger partial charge is 0.294 e. The van der Waals surface area contributed by atoms with Crippen LogP contribution in [0.3, 0.4) is 0 Å². The van der Waals surface area contributed by atoms with Gasteiger partial charge in [-0.25, -0.2) is 13.1 Å². The van der Waals surface area contributed by atoms with Crippen LogP contribution in [-0.4, -0.2) is 19.0 Å². The molecule has 8 heteroatoms. The molecule has 0 saturated carbocycles. The van der Waals surface area contributed by atoms with Crippen LogP contribution in [0.4, 0.5) is 0 Å². The highest BCUT2D eigenvalue weighted by atomic mass is 35.5. The second-order valence-corrected chi connectivity index (χ2v) is 10.0. The lowest BCUT2D eigenvalue weighted by Gasteiger charge is -2.17. The maximum atomic E-state index is 12.6. The van der Waals surface area contributed by atoms with Gasteiger partial charge in [0, 0.05) is 11.1 Å². The number of fused-ring (bicyclic) bond motifs is 1. The Balaban J connectivity index is 1.96. The van der Waals surface area contributed by atoms with Crippen LogP contribution in [0.2, 0.25) is 5.02 Å². The molecule has 1 heterocycles. The van der Waals surface area contributed by atoms with Crippen LogP contribution in [-0.2, 0) is 16.6 Å². The van der Waals surface area contributed by atoms with E-state index in [1.54, 1.807) is 34.9 Å². The zero-order valence-corrected chi connectivity index (χ0v) is 17.7. The summed E-state index contributed by atoms with van der Waals surface area (Å²) in [4.78, 5) is 12.5. The molecule has 0 saturated heterocycles. The summed E-state index contributed by atoms with van der Waals surface area (Å²) in [6.07, 6.45) is 0. The van der Waals surface area contributed by atoms with Gasteiger partial charge >= 0.3 is 4.87 Å². The third-order valence-electron chi connectivity index (χ3n) is 4.55. The van der Waals surface area contributed by atoms with Gasteiger partial charge in [0.05, 0.1) is 21.7 Å². The third kappa shape index (κ3) is 4.43. The van der Waals surface area contributed by atoms with Crippen molar-refractivity contribution < 1.29 is 8.42 Å². The molecule has 0 bridgehead atoms. The zero-order valence-electron chi connectivity index (χ0n) is 15.3. The molecule has 3 aromatic rings. The first-order valence-electron chi connectivity index (χ1n) is 8.57. The first kappa shape index (κ1) is 20.1. The predicted octanol–water partition coefficient (Wildman–Crippen LogP) is 4.09.